The summed E-state index contributed by atoms with van der Waals surface area (Å²) >= 11 is 12.7. The van der Waals surface area contributed by atoms with Crippen LogP contribution in [0.15, 0.2) is 47.4 Å². The first-order chi connectivity index (χ1) is 17.7. The van der Waals surface area contributed by atoms with Crippen LogP contribution in [-0.2, 0) is 18.3 Å². The predicted octanol–water partition coefficient (Wildman–Crippen LogP) is 5.03. The van der Waals surface area contributed by atoms with Crippen molar-refractivity contribution < 1.29 is 4.79 Å². The summed E-state index contributed by atoms with van der Waals surface area (Å²) in [5.41, 5.74) is 9.13. The van der Waals surface area contributed by atoms with E-state index < -0.39 is 0 Å². The Balaban J connectivity index is 1.47. The summed E-state index contributed by atoms with van der Waals surface area (Å²) in [5.74, 6) is 0.162. The number of fused-ring (bicyclic) bond motifs is 3. The fourth-order valence-electron chi connectivity index (χ4n) is 5.04. The molecular formula is C27H28Cl2N6O2. The van der Waals surface area contributed by atoms with Crippen LogP contribution < -0.4 is 16.6 Å². The number of likely N-dealkylation sites (tertiary alicyclic amines) is 1. The molecule has 192 valence electrons. The number of piperidine rings is 1. The summed E-state index contributed by atoms with van der Waals surface area (Å²) in [6.45, 7) is 3.53. The van der Waals surface area contributed by atoms with E-state index in [9.17, 15) is 9.59 Å². The Bertz CT molecular complexity index is 1590. The van der Waals surface area contributed by atoms with Crippen LogP contribution in [0.3, 0.4) is 0 Å². The van der Waals surface area contributed by atoms with Crippen LogP contribution in [0.2, 0.25) is 10.0 Å². The van der Waals surface area contributed by atoms with Gasteiger partial charge in [0.05, 0.1) is 38.1 Å². The number of H-pyrrole nitrogens is 1. The predicted molar refractivity (Wildman–Crippen MR) is 150 cm³/mol. The second-order valence-electron chi connectivity index (χ2n) is 9.45. The van der Waals surface area contributed by atoms with Gasteiger partial charge >= 0.3 is 0 Å². The standard InChI is InChI=1S/C27H28Cl2N6O2/c1-15-17-10-11-21-24(34(2)27(32-21)33-23-18(28)7-3-8-19(23)29)22(17)26(37)31-20(15)9-5-13-35-12-4-6-16(14-35)25(30)36/h3,5,7-8,10-11,13,16H,4,6,9,12,14H2,1-2H3,(H2,30,36)(H,31,37)(H,32,33). The van der Waals surface area contributed by atoms with Crippen molar-refractivity contribution >= 4 is 62.6 Å². The third kappa shape index (κ3) is 4.79. The molecule has 1 fully saturated rings. The van der Waals surface area contributed by atoms with Crippen LogP contribution >= 0.6 is 23.2 Å². The minimum absolute atomic E-state index is 0.116. The maximum atomic E-state index is 13.3. The van der Waals surface area contributed by atoms with Gasteiger partial charge in [0.25, 0.3) is 5.56 Å². The number of hydrogen-bond acceptors (Lipinski definition) is 5. The molecule has 1 atom stereocenters. The van der Waals surface area contributed by atoms with E-state index in [4.69, 9.17) is 28.9 Å². The van der Waals surface area contributed by atoms with Gasteiger partial charge in [-0.2, -0.15) is 0 Å². The average Bonchev–Trinajstić information content (AvgIpc) is 3.19. The number of hydrogen-bond donors (Lipinski definition) is 3. The molecule has 1 saturated heterocycles. The summed E-state index contributed by atoms with van der Waals surface area (Å²) in [6.07, 6.45) is 6.35. The van der Waals surface area contributed by atoms with Gasteiger partial charge in [-0.05, 0) is 55.1 Å². The number of rotatable bonds is 6. The fourth-order valence-corrected chi connectivity index (χ4v) is 5.53. The number of carbonyl (C=O) groups is 1. The number of primary amides is 1. The van der Waals surface area contributed by atoms with Crippen molar-refractivity contribution in [3.8, 4) is 0 Å². The fraction of sp³-hybridized carbons (Fsp3) is 0.296. The third-order valence-corrected chi connectivity index (χ3v) is 7.71. The largest absolute Gasteiger partial charge is 0.377 e. The second kappa shape index (κ2) is 10.1. The first kappa shape index (κ1) is 25.2. The Morgan fingerprint density at radius 1 is 1.27 bits per heavy atom. The molecule has 0 bridgehead atoms. The van der Waals surface area contributed by atoms with Crippen LogP contribution in [0.25, 0.3) is 21.8 Å². The maximum absolute atomic E-state index is 13.3. The molecule has 4 aromatic rings. The summed E-state index contributed by atoms with van der Waals surface area (Å²) in [5, 5.41) is 5.62. The number of aromatic amines is 1. The highest BCUT2D eigenvalue weighted by molar-refractivity contribution is 6.39. The number of carbonyl (C=O) groups excluding carboxylic acids is 1. The van der Waals surface area contributed by atoms with E-state index in [1.54, 1.807) is 18.2 Å². The number of allylic oxidation sites excluding steroid dienone is 1. The molecule has 4 N–H and O–H groups in total. The van der Waals surface area contributed by atoms with E-state index in [1.807, 2.05) is 42.9 Å². The van der Waals surface area contributed by atoms with Gasteiger partial charge in [-0.15, -0.1) is 0 Å². The Morgan fingerprint density at radius 3 is 2.76 bits per heavy atom. The van der Waals surface area contributed by atoms with Crippen molar-refractivity contribution in [1.29, 1.82) is 0 Å². The molecule has 10 heteroatoms. The number of nitrogens with zero attached hydrogens (tertiary/aromatic N) is 3. The molecule has 8 nitrogen and oxygen atoms in total. The Morgan fingerprint density at radius 2 is 2.03 bits per heavy atom. The van der Waals surface area contributed by atoms with Crippen LogP contribution in [0.1, 0.15) is 24.1 Å². The second-order valence-corrected chi connectivity index (χ2v) is 10.3. The van der Waals surface area contributed by atoms with E-state index in [-0.39, 0.29) is 17.4 Å². The number of pyridine rings is 1. The van der Waals surface area contributed by atoms with Gasteiger partial charge in [-0.1, -0.05) is 41.4 Å². The molecule has 1 amide bonds. The van der Waals surface area contributed by atoms with Crippen molar-refractivity contribution in [2.75, 3.05) is 18.4 Å². The number of benzene rings is 2. The lowest BCUT2D eigenvalue weighted by Crippen LogP contribution is -2.38. The van der Waals surface area contributed by atoms with E-state index in [1.165, 1.54) is 0 Å². The minimum Gasteiger partial charge on any atom is -0.377 e. The number of amides is 1. The smallest absolute Gasteiger partial charge is 0.258 e. The van der Waals surface area contributed by atoms with E-state index >= 15 is 0 Å². The Hall–Kier alpha value is -3.49. The van der Waals surface area contributed by atoms with Gasteiger partial charge in [0.15, 0.2) is 0 Å². The van der Waals surface area contributed by atoms with Gasteiger partial charge in [0, 0.05) is 32.3 Å². The number of nitrogens with one attached hydrogen (secondary N) is 2. The zero-order valence-electron chi connectivity index (χ0n) is 20.6. The van der Waals surface area contributed by atoms with Crippen molar-refractivity contribution in [3.63, 3.8) is 0 Å². The quantitative estimate of drug-likeness (QED) is 0.319. The molecule has 0 radical (unpaired) electrons. The number of aryl methyl sites for hydroxylation is 2. The molecule has 1 aliphatic rings. The van der Waals surface area contributed by atoms with E-state index in [0.717, 1.165) is 41.5 Å². The topological polar surface area (TPSA) is 109 Å². The van der Waals surface area contributed by atoms with Crippen LogP contribution in [0.4, 0.5) is 11.6 Å². The average molecular weight is 539 g/mol. The van der Waals surface area contributed by atoms with Crippen molar-refractivity contribution in [3.05, 3.63) is 74.3 Å². The molecular weight excluding hydrogens is 511 g/mol. The minimum atomic E-state index is -0.248. The van der Waals surface area contributed by atoms with Crippen LogP contribution in [0, 0.1) is 12.8 Å². The normalized spacial score (nSPS) is 16.2. The van der Waals surface area contributed by atoms with Crippen LogP contribution in [0.5, 0.6) is 0 Å². The lowest BCUT2D eigenvalue weighted by Gasteiger charge is -2.30. The summed E-state index contributed by atoms with van der Waals surface area (Å²) in [7, 11) is 1.85. The summed E-state index contributed by atoms with van der Waals surface area (Å²) in [4.78, 5) is 34.8. The first-order valence-corrected chi connectivity index (χ1v) is 12.9. The van der Waals surface area contributed by atoms with Crippen molar-refractivity contribution in [1.82, 2.24) is 19.4 Å². The SMILES string of the molecule is Cc1c(CC=CN2CCCC(C(N)=O)C2)[nH]c(=O)c2c1ccc1nc(Nc3c(Cl)cccc3Cl)n(C)c12. The molecule has 5 rings (SSSR count). The number of anilines is 2. The molecule has 0 spiro atoms. The highest BCUT2D eigenvalue weighted by atomic mass is 35.5. The lowest BCUT2D eigenvalue weighted by molar-refractivity contribution is -0.123. The number of para-hydroxylation sites is 1. The molecule has 2 aromatic heterocycles. The van der Waals surface area contributed by atoms with Crippen molar-refractivity contribution in [2.45, 2.75) is 26.2 Å². The van der Waals surface area contributed by atoms with Gasteiger partial charge < -0.3 is 25.5 Å². The molecule has 1 aliphatic heterocycles. The molecule has 37 heavy (non-hydrogen) atoms. The summed E-state index contributed by atoms with van der Waals surface area (Å²) in [6, 6.07) is 9.13. The number of aromatic nitrogens is 3. The lowest BCUT2D eigenvalue weighted by atomic mass is 9.98. The number of imidazole rings is 1. The molecule has 2 aromatic carbocycles. The number of halogens is 2. The molecule has 0 aliphatic carbocycles. The molecule has 1 unspecified atom stereocenters. The van der Waals surface area contributed by atoms with Gasteiger partial charge in [0.1, 0.15) is 0 Å². The first-order valence-electron chi connectivity index (χ1n) is 12.2. The molecule has 3 heterocycles. The zero-order valence-corrected chi connectivity index (χ0v) is 22.2. The Kier molecular flexibility index (Phi) is 6.88. The maximum Gasteiger partial charge on any atom is 0.258 e. The monoisotopic (exact) mass is 538 g/mol. The molecule has 0 saturated carbocycles. The summed E-state index contributed by atoms with van der Waals surface area (Å²) < 4.78 is 1.84. The van der Waals surface area contributed by atoms with Crippen molar-refractivity contribution in [2.24, 2.45) is 18.7 Å². The van der Waals surface area contributed by atoms with Gasteiger partial charge in [0.2, 0.25) is 11.9 Å². The van der Waals surface area contributed by atoms with Crippen LogP contribution in [-0.4, -0.2) is 38.4 Å². The third-order valence-electron chi connectivity index (χ3n) is 7.08. The van der Waals surface area contributed by atoms with E-state index in [2.05, 4.69) is 20.2 Å². The Labute approximate surface area is 224 Å². The highest BCUT2D eigenvalue weighted by Gasteiger charge is 2.22. The van der Waals surface area contributed by atoms with Gasteiger partial charge in [-0.25, -0.2) is 4.98 Å². The van der Waals surface area contributed by atoms with Gasteiger partial charge in [-0.3, -0.25) is 9.59 Å². The van der Waals surface area contributed by atoms with E-state index in [0.29, 0.717) is 45.5 Å². The number of nitrogens with two attached hydrogens (primary N) is 1. The zero-order chi connectivity index (χ0) is 26.3. The highest BCUT2D eigenvalue weighted by Crippen LogP contribution is 2.34.